The quantitative estimate of drug-likeness (QED) is 0.637. The standard InChI is InChI=1S/C24H28N2O4/c1-15(2)20-7-6-8-21(16(3)4)23(20)26-22(27)14-29-24(28)17(5)30-19-11-9-18(13-25)10-12-19/h6-12,15-17H,14H2,1-5H3,(H,26,27)/t17-/m1/s1. The number of carbonyl (C=O) groups excluding carboxylic acids is 2. The Balaban J connectivity index is 1.97. The van der Waals surface area contributed by atoms with Gasteiger partial charge in [-0.1, -0.05) is 45.9 Å². The number of nitriles is 1. The number of carbonyl (C=O) groups is 2. The van der Waals surface area contributed by atoms with E-state index in [1.807, 2.05) is 24.3 Å². The lowest BCUT2D eigenvalue weighted by Gasteiger charge is -2.20. The van der Waals surface area contributed by atoms with E-state index in [9.17, 15) is 9.59 Å². The normalized spacial score (nSPS) is 11.7. The van der Waals surface area contributed by atoms with E-state index in [1.165, 1.54) is 0 Å². The lowest BCUT2D eigenvalue weighted by atomic mass is 9.92. The minimum absolute atomic E-state index is 0.238. The molecule has 2 aromatic carbocycles. The topological polar surface area (TPSA) is 88.4 Å². The van der Waals surface area contributed by atoms with Gasteiger partial charge in [0.25, 0.3) is 5.91 Å². The highest BCUT2D eigenvalue weighted by Gasteiger charge is 2.20. The van der Waals surface area contributed by atoms with Crippen LogP contribution in [0, 0.1) is 11.3 Å². The maximum absolute atomic E-state index is 12.5. The number of esters is 1. The summed E-state index contributed by atoms with van der Waals surface area (Å²) in [4.78, 5) is 24.7. The Morgan fingerprint density at radius 1 is 0.967 bits per heavy atom. The summed E-state index contributed by atoms with van der Waals surface area (Å²) in [5.41, 5.74) is 3.36. The van der Waals surface area contributed by atoms with Crippen molar-refractivity contribution in [1.29, 1.82) is 5.26 Å². The maximum Gasteiger partial charge on any atom is 0.347 e. The molecular formula is C24H28N2O4. The van der Waals surface area contributed by atoms with Gasteiger partial charge in [0.15, 0.2) is 12.7 Å². The molecule has 30 heavy (non-hydrogen) atoms. The molecule has 0 saturated heterocycles. The molecule has 0 aliphatic heterocycles. The molecule has 0 bridgehead atoms. The van der Waals surface area contributed by atoms with Gasteiger partial charge in [0.05, 0.1) is 11.6 Å². The van der Waals surface area contributed by atoms with Crippen molar-refractivity contribution in [3.05, 3.63) is 59.2 Å². The predicted octanol–water partition coefficient (Wildman–Crippen LogP) is 4.75. The van der Waals surface area contributed by atoms with Crippen LogP contribution in [0.4, 0.5) is 5.69 Å². The van der Waals surface area contributed by atoms with E-state index in [2.05, 4.69) is 33.0 Å². The first-order valence-corrected chi connectivity index (χ1v) is 9.99. The summed E-state index contributed by atoms with van der Waals surface area (Å²) >= 11 is 0. The summed E-state index contributed by atoms with van der Waals surface area (Å²) in [5.74, 6) is -0.125. The first kappa shape index (κ1) is 23.0. The van der Waals surface area contributed by atoms with Gasteiger partial charge in [-0.15, -0.1) is 0 Å². The largest absolute Gasteiger partial charge is 0.479 e. The van der Waals surface area contributed by atoms with Crippen LogP contribution >= 0.6 is 0 Å². The molecule has 1 amide bonds. The number of para-hydroxylation sites is 1. The van der Waals surface area contributed by atoms with E-state index < -0.39 is 24.6 Å². The molecule has 0 saturated carbocycles. The number of hydrogen-bond donors (Lipinski definition) is 1. The number of hydrogen-bond acceptors (Lipinski definition) is 5. The van der Waals surface area contributed by atoms with Gasteiger partial charge in [-0.3, -0.25) is 4.79 Å². The van der Waals surface area contributed by atoms with E-state index in [-0.39, 0.29) is 11.8 Å². The van der Waals surface area contributed by atoms with E-state index in [0.29, 0.717) is 11.3 Å². The summed E-state index contributed by atoms with van der Waals surface area (Å²) in [6.07, 6.45) is -0.889. The third-order valence-corrected chi connectivity index (χ3v) is 4.61. The molecule has 1 atom stereocenters. The number of nitrogens with one attached hydrogen (secondary N) is 1. The second-order valence-corrected chi connectivity index (χ2v) is 7.67. The van der Waals surface area contributed by atoms with Gasteiger partial charge in [0.2, 0.25) is 0 Å². The van der Waals surface area contributed by atoms with Crippen molar-refractivity contribution < 1.29 is 19.1 Å². The number of rotatable bonds is 8. The molecule has 158 valence electrons. The second-order valence-electron chi connectivity index (χ2n) is 7.67. The van der Waals surface area contributed by atoms with E-state index in [4.69, 9.17) is 14.7 Å². The van der Waals surface area contributed by atoms with E-state index in [1.54, 1.807) is 31.2 Å². The highest BCUT2D eigenvalue weighted by molar-refractivity contribution is 5.94. The van der Waals surface area contributed by atoms with Crippen molar-refractivity contribution in [2.24, 2.45) is 0 Å². The SMILES string of the molecule is CC(C)c1cccc(C(C)C)c1NC(=O)COC(=O)[C@@H](C)Oc1ccc(C#N)cc1. The van der Waals surface area contributed by atoms with E-state index in [0.717, 1.165) is 16.8 Å². The Kier molecular flexibility index (Phi) is 7.99. The van der Waals surface area contributed by atoms with Crippen LogP contribution in [-0.4, -0.2) is 24.6 Å². The summed E-state index contributed by atoms with van der Waals surface area (Å²) in [6, 6.07) is 14.4. The van der Waals surface area contributed by atoms with Crippen LogP contribution in [-0.2, 0) is 14.3 Å². The molecule has 6 heteroatoms. The van der Waals surface area contributed by atoms with Gasteiger partial charge in [-0.2, -0.15) is 5.26 Å². The van der Waals surface area contributed by atoms with Crippen molar-refractivity contribution >= 4 is 17.6 Å². The average molecular weight is 408 g/mol. The van der Waals surface area contributed by atoms with Crippen LogP contribution in [0.5, 0.6) is 5.75 Å². The Hall–Kier alpha value is -3.33. The highest BCUT2D eigenvalue weighted by Crippen LogP contribution is 2.32. The van der Waals surface area contributed by atoms with E-state index >= 15 is 0 Å². The first-order chi connectivity index (χ1) is 14.2. The van der Waals surface area contributed by atoms with Gasteiger partial charge in [0, 0.05) is 5.69 Å². The van der Waals surface area contributed by atoms with Crippen LogP contribution in [0.25, 0.3) is 0 Å². The zero-order chi connectivity index (χ0) is 22.3. The number of nitrogens with zero attached hydrogens (tertiary/aromatic N) is 1. The molecule has 0 radical (unpaired) electrons. The third kappa shape index (κ3) is 6.08. The fourth-order valence-electron chi connectivity index (χ4n) is 2.99. The molecule has 0 aliphatic carbocycles. The third-order valence-electron chi connectivity index (χ3n) is 4.61. The number of amides is 1. The van der Waals surface area contributed by atoms with Crippen molar-refractivity contribution in [3.8, 4) is 11.8 Å². The van der Waals surface area contributed by atoms with Crippen LogP contribution in [0.1, 0.15) is 63.1 Å². The van der Waals surface area contributed by atoms with Crippen molar-refractivity contribution in [3.63, 3.8) is 0 Å². The molecule has 1 N–H and O–H groups in total. The van der Waals surface area contributed by atoms with Gasteiger partial charge in [0.1, 0.15) is 5.75 Å². The fraction of sp³-hybridized carbons (Fsp3) is 0.375. The molecule has 0 aliphatic rings. The monoisotopic (exact) mass is 408 g/mol. The number of ether oxygens (including phenoxy) is 2. The minimum Gasteiger partial charge on any atom is -0.479 e. The summed E-state index contributed by atoms with van der Waals surface area (Å²) in [5, 5.41) is 11.7. The lowest BCUT2D eigenvalue weighted by Crippen LogP contribution is -2.30. The highest BCUT2D eigenvalue weighted by atomic mass is 16.6. The number of benzene rings is 2. The zero-order valence-electron chi connectivity index (χ0n) is 18.1. The lowest BCUT2D eigenvalue weighted by molar-refractivity contribution is -0.153. The molecule has 0 heterocycles. The Morgan fingerprint density at radius 2 is 1.53 bits per heavy atom. The fourth-order valence-corrected chi connectivity index (χ4v) is 2.99. The van der Waals surface area contributed by atoms with Crippen molar-refractivity contribution in [2.75, 3.05) is 11.9 Å². The molecule has 6 nitrogen and oxygen atoms in total. The van der Waals surface area contributed by atoms with Crippen LogP contribution in [0.3, 0.4) is 0 Å². The van der Waals surface area contributed by atoms with Crippen LogP contribution in [0.2, 0.25) is 0 Å². The Morgan fingerprint density at radius 3 is 2.03 bits per heavy atom. The van der Waals surface area contributed by atoms with Crippen LogP contribution in [0.15, 0.2) is 42.5 Å². The smallest absolute Gasteiger partial charge is 0.347 e. The van der Waals surface area contributed by atoms with Crippen LogP contribution < -0.4 is 10.1 Å². The van der Waals surface area contributed by atoms with Crippen molar-refractivity contribution in [2.45, 2.75) is 52.6 Å². The Labute approximate surface area is 177 Å². The summed E-state index contributed by atoms with van der Waals surface area (Å²) < 4.78 is 10.6. The summed E-state index contributed by atoms with van der Waals surface area (Å²) in [6.45, 7) is 9.41. The molecule has 0 unspecified atom stereocenters. The van der Waals surface area contributed by atoms with Gasteiger partial charge >= 0.3 is 5.97 Å². The van der Waals surface area contributed by atoms with Gasteiger partial charge in [-0.25, -0.2) is 4.79 Å². The Bertz CT molecular complexity index is 901. The molecule has 0 fully saturated rings. The van der Waals surface area contributed by atoms with Gasteiger partial charge in [-0.05, 0) is 54.2 Å². The zero-order valence-corrected chi connectivity index (χ0v) is 18.1. The minimum atomic E-state index is -0.889. The average Bonchev–Trinajstić information content (AvgIpc) is 2.72. The second kappa shape index (κ2) is 10.4. The molecule has 2 rings (SSSR count). The number of anilines is 1. The predicted molar refractivity (Wildman–Crippen MR) is 115 cm³/mol. The first-order valence-electron chi connectivity index (χ1n) is 9.99. The van der Waals surface area contributed by atoms with Crippen molar-refractivity contribution in [1.82, 2.24) is 0 Å². The summed E-state index contributed by atoms with van der Waals surface area (Å²) in [7, 11) is 0. The van der Waals surface area contributed by atoms with Gasteiger partial charge < -0.3 is 14.8 Å². The molecule has 0 aromatic heterocycles. The molecule has 2 aromatic rings. The molecular weight excluding hydrogens is 380 g/mol. The molecule has 0 spiro atoms. The maximum atomic E-state index is 12.5.